The van der Waals surface area contributed by atoms with Gasteiger partial charge < -0.3 is 15.7 Å². The number of aromatic carboxylic acids is 1. The number of rotatable bonds is 1. The zero-order valence-electron chi connectivity index (χ0n) is 8.69. The van der Waals surface area contributed by atoms with Crippen LogP contribution in [0.4, 0.5) is 5.69 Å². The van der Waals surface area contributed by atoms with Gasteiger partial charge in [-0.2, -0.15) is 0 Å². The van der Waals surface area contributed by atoms with E-state index in [1.807, 2.05) is 26.0 Å². The number of nitrogens with zero attached hydrogens (tertiary/aromatic N) is 1. The summed E-state index contributed by atoms with van der Waals surface area (Å²) in [4.78, 5) is 12.3. The minimum absolute atomic E-state index is 0.259. The molecule has 14 heavy (non-hydrogen) atoms. The highest BCUT2D eigenvalue weighted by atomic mass is 16.4. The van der Waals surface area contributed by atoms with E-state index in [2.05, 4.69) is 0 Å². The van der Waals surface area contributed by atoms with E-state index in [4.69, 9.17) is 10.8 Å². The molecule has 1 aromatic carbocycles. The predicted octanol–water partition coefficient (Wildman–Crippen LogP) is 1.14. The number of nitrogen functional groups attached to an aromatic ring is 1. The van der Waals surface area contributed by atoms with Gasteiger partial charge in [0.05, 0.1) is 5.56 Å². The van der Waals surface area contributed by atoms with Crippen LogP contribution < -0.4 is 5.73 Å². The van der Waals surface area contributed by atoms with E-state index >= 15 is 0 Å². The van der Waals surface area contributed by atoms with Crippen molar-refractivity contribution in [3.8, 4) is 0 Å². The van der Waals surface area contributed by atoms with Crippen LogP contribution in [0.25, 0.3) is 0 Å². The van der Waals surface area contributed by atoms with Crippen molar-refractivity contribution in [1.82, 2.24) is 4.90 Å². The highest BCUT2D eigenvalue weighted by Crippen LogP contribution is 2.04. The number of carboxylic acids is 1. The topological polar surface area (TPSA) is 66.6 Å². The molecule has 0 spiro atoms. The second kappa shape index (κ2) is 5.99. The van der Waals surface area contributed by atoms with E-state index in [-0.39, 0.29) is 5.56 Å². The first-order chi connectivity index (χ1) is 6.43. The molecule has 0 atom stereocenters. The van der Waals surface area contributed by atoms with Gasteiger partial charge in [0.25, 0.3) is 0 Å². The number of anilines is 1. The lowest BCUT2D eigenvalue weighted by molar-refractivity contribution is 0.0697. The Kier molecular flexibility index (Phi) is 5.33. The van der Waals surface area contributed by atoms with Crippen LogP contribution in [0.15, 0.2) is 24.3 Å². The maximum atomic E-state index is 10.3. The number of carboxylic acid groups (broad SMARTS) is 1. The van der Waals surface area contributed by atoms with E-state index in [1.54, 1.807) is 12.1 Å². The SMILES string of the molecule is CN(C)C.Nc1ccc(C(=O)O)cc1. The molecule has 1 rings (SSSR count). The fourth-order valence-corrected chi connectivity index (χ4v) is 0.626. The molecule has 4 nitrogen and oxygen atoms in total. The fourth-order valence-electron chi connectivity index (χ4n) is 0.626. The lowest BCUT2D eigenvalue weighted by Crippen LogP contribution is -1.99. The van der Waals surface area contributed by atoms with Gasteiger partial charge in [0, 0.05) is 5.69 Å². The first kappa shape index (κ1) is 12.4. The van der Waals surface area contributed by atoms with Crippen LogP contribution in [0.2, 0.25) is 0 Å². The molecule has 0 bridgehead atoms. The second-order valence-corrected chi connectivity index (χ2v) is 3.27. The number of benzene rings is 1. The average molecular weight is 196 g/mol. The minimum atomic E-state index is -0.931. The molecule has 0 fully saturated rings. The van der Waals surface area contributed by atoms with Crippen LogP contribution in [0.5, 0.6) is 0 Å². The third-order valence-corrected chi connectivity index (χ3v) is 1.16. The van der Waals surface area contributed by atoms with Gasteiger partial charge in [-0.1, -0.05) is 0 Å². The summed E-state index contributed by atoms with van der Waals surface area (Å²) in [7, 11) is 6.00. The molecule has 0 radical (unpaired) electrons. The molecule has 1 aromatic rings. The Bertz CT molecular complexity index is 278. The summed E-state index contributed by atoms with van der Waals surface area (Å²) >= 11 is 0. The molecule has 78 valence electrons. The zero-order chi connectivity index (χ0) is 11.1. The van der Waals surface area contributed by atoms with Gasteiger partial charge in [0.15, 0.2) is 0 Å². The Morgan fingerprint density at radius 1 is 1.21 bits per heavy atom. The number of hydrogen-bond acceptors (Lipinski definition) is 3. The quantitative estimate of drug-likeness (QED) is 0.661. The molecule has 0 aliphatic rings. The molecule has 0 aliphatic carbocycles. The summed E-state index contributed by atoms with van der Waals surface area (Å²) in [6.07, 6.45) is 0. The molecule has 0 heterocycles. The van der Waals surface area contributed by atoms with Crippen molar-refractivity contribution in [2.24, 2.45) is 0 Å². The van der Waals surface area contributed by atoms with E-state index in [0.29, 0.717) is 5.69 Å². The molecule has 0 aliphatic heterocycles. The van der Waals surface area contributed by atoms with Crippen LogP contribution in [-0.4, -0.2) is 37.1 Å². The molecular formula is C10H16N2O2. The highest BCUT2D eigenvalue weighted by molar-refractivity contribution is 5.87. The van der Waals surface area contributed by atoms with Crippen LogP contribution >= 0.6 is 0 Å². The Hall–Kier alpha value is -1.55. The molecule has 3 N–H and O–H groups in total. The van der Waals surface area contributed by atoms with Gasteiger partial charge in [-0.25, -0.2) is 4.79 Å². The van der Waals surface area contributed by atoms with E-state index < -0.39 is 5.97 Å². The van der Waals surface area contributed by atoms with Gasteiger partial charge in [0.2, 0.25) is 0 Å². The summed E-state index contributed by atoms with van der Waals surface area (Å²) < 4.78 is 0. The highest BCUT2D eigenvalue weighted by Gasteiger charge is 1.98. The minimum Gasteiger partial charge on any atom is -0.478 e. The molecule has 0 saturated heterocycles. The smallest absolute Gasteiger partial charge is 0.335 e. The summed E-state index contributed by atoms with van der Waals surface area (Å²) in [6.45, 7) is 0. The number of carbonyl (C=O) groups is 1. The molecule has 0 amide bonds. The zero-order valence-corrected chi connectivity index (χ0v) is 8.69. The Morgan fingerprint density at radius 3 is 1.86 bits per heavy atom. The summed E-state index contributed by atoms with van der Waals surface area (Å²) in [5.41, 5.74) is 6.17. The first-order valence-electron chi connectivity index (χ1n) is 4.13. The number of hydrogen-bond donors (Lipinski definition) is 2. The standard InChI is InChI=1S/C7H7NO2.C3H9N/c8-6-3-1-5(2-4-6)7(9)10;1-4(2)3/h1-4H,8H2,(H,9,10);1-3H3. The van der Waals surface area contributed by atoms with Crippen molar-refractivity contribution >= 4 is 11.7 Å². The molecule has 4 heteroatoms. The summed E-state index contributed by atoms with van der Waals surface area (Å²) in [6, 6.07) is 6.06. The number of nitrogens with two attached hydrogens (primary N) is 1. The monoisotopic (exact) mass is 196 g/mol. The average Bonchev–Trinajstić information content (AvgIpc) is 2.03. The summed E-state index contributed by atoms with van der Waals surface area (Å²) in [5.74, 6) is -0.931. The van der Waals surface area contributed by atoms with Crippen molar-refractivity contribution in [3.05, 3.63) is 29.8 Å². The van der Waals surface area contributed by atoms with E-state index in [1.165, 1.54) is 12.1 Å². The maximum Gasteiger partial charge on any atom is 0.335 e. The van der Waals surface area contributed by atoms with Crippen molar-refractivity contribution < 1.29 is 9.90 Å². The molecule has 0 aromatic heterocycles. The lowest BCUT2D eigenvalue weighted by Gasteiger charge is -1.93. The summed E-state index contributed by atoms with van der Waals surface area (Å²) in [5, 5.41) is 8.43. The Morgan fingerprint density at radius 2 is 1.57 bits per heavy atom. The lowest BCUT2D eigenvalue weighted by atomic mass is 10.2. The Balaban J connectivity index is 0.000000364. The largest absolute Gasteiger partial charge is 0.478 e. The van der Waals surface area contributed by atoms with E-state index in [9.17, 15) is 4.79 Å². The fraction of sp³-hybridized carbons (Fsp3) is 0.300. The van der Waals surface area contributed by atoms with Crippen molar-refractivity contribution in [1.29, 1.82) is 0 Å². The van der Waals surface area contributed by atoms with Crippen LogP contribution in [-0.2, 0) is 0 Å². The van der Waals surface area contributed by atoms with Gasteiger partial charge in [0.1, 0.15) is 0 Å². The molecular weight excluding hydrogens is 180 g/mol. The van der Waals surface area contributed by atoms with Gasteiger partial charge in [-0.15, -0.1) is 0 Å². The maximum absolute atomic E-state index is 10.3. The van der Waals surface area contributed by atoms with Crippen LogP contribution in [0, 0.1) is 0 Å². The third-order valence-electron chi connectivity index (χ3n) is 1.16. The van der Waals surface area contributed by atoms with Crippen LogP contribution in [0.3, 0.4) is 0 Å². The van der Waals surface area contributed by atoms with Gasteiger partial charge in [-0.3, -0.25) is 0 Å². The van der Waals surface area contributed by atoms with Gasteiger partial charge in [-0.05, 0) is 45.4 Å². The first-order valence-corrected chi connectivity index (χ1v) is 4.13. The van der Waals surface area contributed by atoms with Gasteiger partial charge >= 0.3 is 5.97 Å². The third kappa shape index (κ3) is 6.02. The van der Waals surface area contributed by atoms with Crippen LogP contribution in [0.1, 0.15) is 10.4 Å². The normalized spacial score (nSPS) is 9.14. The Labute approximate surface area is 84.0 Å². The molecule has 0 saturated carbocycles. The van der Waals surface area contributed by atoms with Crippen molar-refractivity contribution in [3.63, 3.8) is 0 Å². The predicted molar refractivity (Wildman–Crippen MR) is 57.4 cm³/mol. The van der Waals surface area contributed by atoms with Crippen molar-refractivity contribution in [2.75, 3.05) is 26.9 Å². The molecule has 0 unspecified atom stereocenters. The van der Waals surface area contributed by atoms with Crippen molar-refractivity contribution in [2.45, 2.75) is 0 Å². The second-order valence-electron chi connectivity index (χ2n) is 3.27. The van der Waals surface area contributed by atoms with E-state index in [0.717, 1.165) is 0 Å².